The first-order valence-corrected chi connectivity index (χ1v) is 12.6. The van der Waals surface area contributed by atoms with Crippen LogP contribution in [0.1, 0.15) is 40.7 Å². The minimum absolute atomic E-state index is 0.311. The average molecular weight is 496 g/mol. The van der Waals surface area contributed by atoms with Gasteiger partial charge in [-0.1, -0.05) is 23.4 Å². The van der Waals surface area contributed by atoms with Gasteiger partial charge in [-0.2, -0.15) is 0 Å². The van der Waals surface area contributed by atoms with Gasteiger partial charge in [0.2, 0.25) is 5.88 Å². The van der Waals surface area contributed by atoms with Gasteiger partial charge in [-0.05, 0) is 56.5 Å². The Morgan fingerprint density at radius 1 is 1.03 bits per heavy atom. The molecular weight excluding hydrogens is 466 g/mol. The Morgan fingerprint density at radius 2 is 1.92 bits per heavy atom. The van der Waals surface area contributed by atoms with Gasteiger partial charge >= 0.3 is 0 Å². The van der Waals surface area contributed by atoms with Crippen LogP contribution >= 0.6 is 0 Å². The predicted octanol–water partition coefficient (Wildman–Crippen LogP) is 4.22. The molecular formula is C28H29N7O2. The van der Waals surface area contributed by atoms with E-state index in [-0.39, 0.29) is 0 Å². The molecule has 37 heavy (non-hydrogen) atoms. The van der Waals surface area contributed by atoms with Crippen LogP contribution in [0.3, 0.4) is 0 Å². The molecule has 1 atom stereocenters. The molecule has 1 aromatic carbocycles. The molecule has 1 unspecified atom stereocenters. The molecule has 188 valence electrons. The number of aromatic nitrogens is 5. The Balaban J connectivity index is 1.20. The van der Waals surface area contributed by atoms with Gasteiger partial charge in [0.05, 0.1) is 29.5 Å². The fourth-order valence-corrected chi connectivity index (χ4v) is 5.05. The standard InChI is InChI=1S/C28H29N7O2/c1-4-37-28(18-31-25-8-6-5-7-24(25)28)34-12-11-21-13-27(30-14-22(21)16-34)36-17-26-20(3)32-33-35(26)23-10-9-19(2)29-15-23/h5-10,13-15,18H,4,11-12,16-17H2,1-3H3. The van der Waals surface area contributed by atoms with E-state index in [2.05, 4.69) is 36.2 Å². The van der Waals surface area contributed by atoms with E-state index in [0.717, 1.165) is 53.5 Å². The largest absolute Gasteiger partial charge is 0.471 e. The van der Waals surface area contributed by atoms with E-state index in [9.17, 15) is 0 Å². The minimum atomic E-state index is -0.647. The summed E-state index contributed by atoms with van der Waals surface area (Å²) in [5, 5.41) is 8.52. The maximum absolute atomic E-state index is 6.35. The Hall–Kier alpha value is -3.95. The molecule has 0 fully saturated rings. The third-order valence-corrected chi connectivity index (χ3v) is 7.03. The van der Waals surface area contributed by atoms with Crippen LogP contribution in [0.4, 0.5) is 5.69 Å². The molecule has 6 rings (SSSR count). The van der Waals surface area contributed by atoms with E-state index >= 15 is 0 Å². The summed E-state index contributed by atoms with van der Waals surface area (Å²) >= 11 is 0. The highest BCUT2D eigenvalue weighted by molar-refractivity contribution is 5.83. The molecule has 9 nitrogen and oxygen atoms in total. The number of pyridine rings is 2. The van der Waals surface area contributed by atoms with Gasteiger partial charge < -0.3 is 9.47 Å². The van der Waals surface area contributed by atoms with E-state index in [1.807, 2.05) is 69.6 Å². The van der Waals surface area contributed by atoms with Crippen molar-refractivity contribution in [2.75, 3.05) is 13.2 Å². The number of aliphatic imine (C=N–C) groups is 1. The number of benzene rings is 1. The van der Waals surface area contributed by atoms with Crippen LogP contribution in [-0.4, -0.2) is 49.2 Å². The molecule has 3 aromatic heterocycles. The molecule has 2 aliphatic heterocycles. The summed E-state index contributed by atoms with van der Waals surface area (Å²) < 4.78 is 14.2. The zero-order chi connectivity index (χ0) is 25.4. The molecule has 0 bridgehead atoms. The van der Waals surface area contributed by atoms with Crippen molar-refractivity contribution >= 4 is 11.9 Å². The van der Waals surface area contributed by atoms with Gasteiger partial charge in [-0.15, -0.1) is 5.10 Å². The summed E-state index contributed by atoms with van der Waals surface area (Å²) in [7, 11) is 0. The topological polar surface area (TPSA) is 90.6 Å². The van der Waals surface area contributed by atoms with Crippen LogP contribution in [0.5, 0.6) is 5.88 Å². The first kappa shape index (κ1) is 23.4. The SMILES string of the molecule is CCOC1(N2CCc3cc(OCc4c(C)nnn4-c4ccc(C)nc4)ncc3C2)C=Nc2ccccc21. The zero-order valence-electron chi connectivity index (χ0n) is 21.3. The van der Waals surface area contributed by atoms with Crippen LogP contribution in [0.2, 0.25) is 0 Å². The molecule has 0 saturated carbocycles. The van der Waals surface area contributed by atoms with Crippen molar-refractivity contribution in [1.82, 2.24) is 29.9 Å². The monoisotopic (exact) mass is 495 g/mol. The maximum atomic E-state index is 6.35. The van der Waals surface area contributed by atoms with Crippen LogP contribution in [0.15, 0.2) is 59.9 Å². The molecule has 5 heterocycles. The average Bonchev–Trinajstić information content (AvgIpc) is 3.49. The second-order valence-corrected chi connectivity index (χ2v) is 9.35. The number of para-hydroxylation sites is 1. The Labute approximate surface area is 215 Å². The molecule has 4 aromatic rings. The number of aryl methyl sites for hydroxylation is 2. The maximum Gasteiger partial charge on any atom is 0.213 e. The minimum Gasteiger partial charge on any atom is -0.471 e. The smallest absolute Gasteiger partial charge is 0.213 e. The predicted molar refractivity (Wildman–Crippen MR) is 139 cm³/mol. The second-order valence-electron chi connectivity index (χ2n) is 9.35. The summed E-state index contributed by atoms with van der Waals surface area (Å²) in [6, 6.07) is 14.2. The van der Waals surface area contributed by atoms with Crippen molar-refractivity contribution in [1.29, 1.82) is 0 Å². The van der Waals surface area contributed by atoms with Crippen molar-refractivity contribution in [2.24, 2.45) is 4.99 Å². The van der Waals surface area contributed by atoms with Gasteiger partial charge in [0.1, 0.15) is 12.3 Å². The third-order valence-electron chi connectivity index (χ3n) is 7.03. The van der Waals surface area contributed by atoms with E-state index in [4.69, 9.17) is 9.47 Å². The Kier molecular flexibility index (Phi) is 6.02. The quantitative estimate of drug-likeness (QED) is 0.379. The van der Waals surface area contributed by atoms with Crippen molar-refractivity contribution in [3.8, 4) is 11.6 Å². The van der Waals surface area contributed by atoms with Crippen LogP contribution in [0, 0.1) is 13.8 Å². The van der Waals surface area contributed by atoms with E-state index < -0.39 is 5.72 Å². The molecule has 0 saturated heterocycles. The van der Waals surface area contributed by atoms with Gasteiger partial charge in [-0.3, -0.25) is 14.9 Å². The first-order valence-electron chi connectivity index (χ1n) is 12.6. The van der Waals surface area contributed by atoms with Gasteiger partial charge in [0.15, 0.2) is 5.72 Å². The molecule has 2 aliphatic rings. The number of nitrogens with zero attached hydrogens (tertiary/aromatic N) is 7. The normalized spacial score (nSPS) is 18.6. The Morgan fingerprint density at radius 3 is 2.76 bits per heavy atom. The van der Waals surface area contributed by atoms with E-state index in [1.54, 1.807) is 10.9 Å². The number of fused-ring (bicyclic) bond motifs is 2. The van der Waals surface area contributed by atoms with Gasteiger partial charge in [0.25, 0.3) is 0 Å². The van der Waals surface area contributed by atoms with Crippen LogP contribution in [-0.2, 0) is 30.0 Å². The number of rotatable bonds is 7. The fourth-order valence-electron chi connectivity index (χ4n) is 5.05. The zero-order valence-corrected chi connectivity index (χ0v) is 21.3. The highest BCUT2D eigenvalue weighted by Gasteiger charge is 2.44. The molecule has 0 aliphatic carbocycles. The second kappa shape index (κ2) is 9.49. The summed E-state index contributed by atoms with van der Waals surface area (Å²) in [5.74, 6) is 0.591. The summed E-state index contributed by atoms with van der Waals surface area (Å²) in [6.07, 6.45) is 6.52. The number of hydrogen-bond acceptors (Lipinski definition) is 8. The fraction of sp³-hybridized carbons (Fsp3) is 0.321. The lowest BCUT2D eigenvalue weighted by molar-refractivity contribution is -0.110. The van der Waals surface area contributed by atoms with Crippen molar-refractivity contribution in [2.45, 2.75) is 46.1 Å². The highest BCUT2D eigenvalue weighted by atomic mass is 16.5. The van der Waals surface area contributed by atoms with Crippen molar-refractivity contribution < 1.29 is 9.47 Å². The number of hydrogen-bond donors (Lipinski definition) is 0. The highest BCUT2D eigenvalue weighted by Crippen LogP contribution is 2.42. The lowest BCUT2D eigenvalue weighted by atomic mass is 9.96. The van der Waals surface area contributed by atoms with Crippen molar-refractivity contribution in [3.05, 3.63) is 88.6 Å². The summed E-state index contributed by atoms with van der Waals surface area (Å²) in [5.41, 5.74) is 7.31. The summed E-state index contributed by atoms with van der Waals surface area (Å²) in [4.78, 5) is 16.0. The number of ether oxygens (including phenoxy) is 2. The van der Waals surface area contributed by atoms with Crippen molar-refractivity contribution in [3.63, 3.8) is 0 Å². The van der Waals surface area contributed by atoms with Crippen LogP contribution in [0.25, 0.3) is 5.69 Å². The molecule has 9 heteroatoms. The van der Waals surface area contributed by atoms with Gasteiger partial charge in [-0.25, -0.2) is 9.67 Å². The van der Waals surface area contributed by atoms with Gasteiger partial charge in [0, 0.05) is 43.2 Å². The van der Waals surface area contributed by atoms with E-state index in [1.165, 1.54) is 11.1 Å². The summed E-state index contributed by atoms with van der Waals surface area (Å²) in [6.45, 7) is 8.38. The lowest BCUT2D eigenvalue weighted by Gasteiger charge is -2.42. The lowest BCUT2D eigenvalue weighted by Crippen LogP contribution is -2.50. The molecule has 0 amide bonds. The van der Waals surface area contributed by atoms with Crippen LogP contribution < -0.4 is 4.74 Å². The first-order chi connectivity index (χ1) is 18.1. The molecule has 0 radical (unpaired) electrons. The Bertz CT molecular complexity index is 1460. The molecule has 0 N–H and O–H groups in total. The van der Waals surface area contributed by atoms with E-state index in [0.29, 0.717) is 19.1 Å². The third kappa shape index (κ3) is 4.20. The molecule has 0 spiro atoms.